The van der Waals surface area contributed by atoms with Crippen molar-refractivity contribution >= 4 is 22.9 Å². The average Bonchev–Trinajstić information content (AvgIpc) is 2.97. The summed E-state index contributed by atoms with van der Waals surface area (Å²) in [6.07, 6.45) is 3.07. The summed E-state index contributed by atoms with van der Waals surface area (Å²) in [4.78, 5) is 16.3. The van der Waals surface area contributed by atoms with Crippen molar-refractivity contribution in [3.8, 4) is 10.4 Å². The van der Waals surface area contributed by atoms with Crippen molar-refractivity contribution in [3.63, 3.8) is 0 Å². The lowest BCUT2D eigenvalue weighted by molar-refractivity contribution is -0.132. The summed E-state index contributed by atoms with van der Waals surface area (Å²) < 4.78 is 26.4. The lowest BCUT2D eigenvalue weighted by atomic mass is 9.97. The summed E-state index contributed by atoms with van der Waals surface area (Å²) in [5.74, 6) is -1.74. The van der Waals surface area contributed by atoms with Gasteiger partial charge in [-0.3, -0.25) is 0 Å². The molecular formula is C16H11F2NO2S. The van der Waals surface area contributed by atoms with E-state index in [1.165, 1.54) is 29.5 Å². The van der Waals surface area contributed by atoms with Crippen LogP contribution in [0.15, 0.2) is 47.9 Å². The summed E-state index contributed by atoms with van der Waals surface area (Å²) in [6, 6.07) is 5.93. The number of thiazole rings is 1. The molecule has 2 aromatic rings. The van der Waals surface area contributed by atoms with Gasteiger partial charge in [0.15, 0.2) is 0 Å². The maximum Gasteiger partial charge on any atom is 0.332 e. The Morgan fingerprint density at radius 1 is 1.18 bits per heavy atom. The van der Waals surface area contributed by atoms with E-state index in [4.69, 9.17) is 0 Å². The fraction of sp³-hybridized carbons (Fsp3) is 0.125. The number of aliphatic carboxylic acids is 1. The summed E-state index contributed by atoms with van der Waals surface area (Å²) in [7, 11) is 0. The van der Waals surface area contributed by atoms with Crippen molar-refractivity contribution in [3.05, 3.63) is 58.8 Å². The number of carbonyl (C=O) groups is 1. The number of rotatable bonds is 3. The number of carboxylic acids is 1. The molecule has 0 unspecified atom stereocenters. The molecule has 0 spiro atoms. The summed E-state index contributed by atoms with van der Waals surface area (Å²) in [5.41, 5.74) is 1.26. The first-order valence-electron chi connectivity index (χ1n) is 6.59. The van der Waals surface area contributed by atoms with E-state index in [0.29, 0.717) is 10.6 Å². The number of benzene rings is 1. The highest BCUT2D eigenvalue weighted by Gasteiger charge is 2.22. The van der Waals surface area contributed by atoms with Crippen LogP contribution in [0, 0.1) is 5.82 Å². The van der Waals surface area contributed by atoms with Crippen molar-refractivity contribution in [1.29, 1.82) is 0 Å². The number of halogens is 2. The zero-order valence-electron chi connectivity index (χ0n) is 11.3. The minimum absolute atomic E-state index is 0.0985. The SMILES string of the molecule is O=C(O)C1=C(c2ncc(-c3ccc(F)cc3)s2)C=C(F)CC1. The Hall–Kier alpha value is -2.34. The molecule has 0 amide bonds. The molecule has 0 atom stereocenters. The van der Waals surface area contributed by atoms with E-state index in [2.05, 4.69) is 4.98 Å². The first-order chi connectivity index (χ1) is 10.5. The van der Waals surface area contributed by atoms with E-state index in [1.54, 1.807) is 18.3 Å². The van der Waals surface area contributed by atoms with Gasteiger partial charge in [-0.1, -0.05) is 12.1 Å². The highest BCUT2D eigenvalue weighted by molar-refractivity contribution is 7.16. The van der Waals surface area contributed by atoms with Crippen LogP contribution >= 0.6 is 11.3 Å². The zero-order valence-corrected chi connectivity index (χ0v) is 12.2. The average molecular weight is 319 g/mol. The quantitative estimate of drug-likeness (QED) is 0.910. The Morgan fingerprint density at radius 2 is 1.91 bits per heavy atom. The van der Waals surface area contributed by atoms with E-state index < -0.39 is 5.97 Å². The molecule has 0 bridgehead atoms. The van der Waals surface area contributed by atoms with Gasteiger partial charge in [0.2, 0.25) is 0 Å². The molecule has 6 heteroatoms. The van der Waals surface area contributed by atoms with Gasteiger partial charge in [0.05, 0.1) is 4.88 Å². The van der Waals surface area contributed by atoms with E-state index in [0.717, 1.165) is 10.4 Å². The molecule has 0 radical (unpaired) electrons. The van der Waals surface area contributed by atoms with Crippen molar-refractivity contribution in [1.82, 2.24) is 4.98 Å². The van der Waals surface area contributed by atoms with E-state index in [-0.39, 0.29) is 30.1 Å². The normalized spacial score (nSPS) is 14.9. The maximum absolute atomic E-state index is 13.5. The third-order valence-electron chi connectivity index (χ3n) is 3.36. The van der Waals surface area contributed by atoms with Gasteiger partial charge in [0.25, 0.3) is 0 Å². The van der Waals surface area contributed by atoms with Gasteiger partial charge in [-0.15, -0.1) is 11.3 Å². The molecule has 1 heterocycles. The first-order valence-corrected chi connectivity index (χ1v) is 7.41. The molecule has 1 aliphatic rings. The minimum atomic E-state index is -1.06. The molecule has 22 heavy (non-hydrogen) atoms. The van der Waals surface area contributed by atoms with Crippen LogP contribution in [0.5, 0.6) is 0 Å². The maximum atomic E-state index is 13.5. The van der Waals surface area contributed by atoms with Crippen LogP contribution in [0.2, 0.25) is 0 Å². The Morgan fingerprint density at radius 3 is 2.59 bits per heavy atom. The van der Waals surface area contributed by atoms with Gasteiger partial charge in [0, 0.05) is 23.8 Å². The molecule has 0 aliphatic heterocycles. The number of carboxylic acid groups (broad SMARTS) is 1. The smallest absolute Gasteiger partial charge is 0.332 e. The molecule has 1 aromatic heterocycles. The predicted octanol–water partition coefficient (Wildman–Crippen LogP) is 4.43. The molecule has 3 nitrogen and oxygen atoms in total. The van der Waals surface area contributed by atoms with Crippen LogP contribution in [0.4, 0.5) is 8.78 Å². The largest absolute Gasteiger partial charge is 0.478 e. The zero-order chi connectivity index (χ0) is 15.7. The molecule has 0 saturated carbocycles. The van der Waals surface area contributed by atoms with E-state index in [9.17, 15) is 18.7 Å². The van der Waals surface area contributed by atoms with Crippen LogP contribution in [-0.4, -0.2) is 16.1 Å². The van der Waals surface area contributed by atoms with Gasteiger partial charge in [0.1, 0.15) is 16.7 Å². The van der Waals surface area contributed by atoms with Gasteiger partial charge in [-0.25, -0.2) is 18.6 Å². The third kappa shape index (κ3) is 2.82. The topological polar surface area (TPSA) is 50.2 Å². The predicted molar refractivity (Wildman–Crippen MR) is 80.5 cm³/mol. The van der Waals surface area contributed by atoms with Crippen molar-refractivity contribution in [2.75, 3.05) is 0 Å². The van der Waals surface area contributed by atoms with Crippen LogP contribution in [0.25, 0.3) is 16.0 Å². The third-order valence-corrected chi connectivity index (χ3v) is 4.44. The fourth-order valence-corrected chi connectivity index (χ4v) is 3.22. The lowest BCUT2D eigenvalue weighted by Gasteiger charge is -2.11. The fourth-order valence-electron chi connectivity index (χ4n) is 2.25. The van der Waals surface area contributed by atoms with Crippen LogP contribution < -0.4 is 0 Å². The molecular weight excluding hydrogens is 308 g/mol. The molecule has 0 fully saturated rings. The van der Waals surface area contributed by atoms with Crippen LogP contribution in [-0.2, 0) is 4.79 Å². The molecule has 1 aromatic carbocycles. The number of aromatic nitrogens is 1. The minimum Gasteiger partial charge on any atom is -0.478 e. The number of allylic oxidation sites excluding steroid dienone is 3. The standard InChI is InChI=1S/C16H11F2NO2S/c17-10-3-1-9(2-4-10)14-8-19-15(22-14)13-7-11(18)5-6-12(13)16(20)21/h1-4,7-8H,5-6H2,(H,20,21). The summed E-state index contributed by atoms with van der Waals surface area (Å²) in [5, 5.41) is 9.69. The Bertz CT molecular complexity index is 791. The number of hydrogen-bond donors (Lipinski definition) is 1. The molecule has 3 rings (SSSR count). The van der Waals surface area contributed by atoms with Crippen LogP contribution in [0.3, 0.4) is 0 Å². The number of hydrogen-bond acceptors (Lipinski definition) is 3. The second-order valence-electron chi connectivity index (χ2n) is 4.83. The van der Waals surface area contributed by atoms with E-state index in [1.807, 2.05) is 0 Å². The van der Waals surface area contributed by atoms with Gasteiger partial charge in [-0.05, 0) is 30.2 Å². The van der Waals surface area contributed by atoms with Crippen molar-refractivity contribution in [2.45, 2.75) is 12.8 Å². The second kappa shape index (κ2) is 5.81. The monoisotopic (exact) mass is 319 g/mol. The van der Waals surface area contributed by atoms with Gasteiger partial charge >= 0.3 is 5.97 Å². The molecule has 1 N–H and O–H groups in total. The summed E-state index contributed by atoms with van der Waals surface area (Å²) >= 11 is 1.26. The molecule has 0 saturated heterocycles. The second-order valence-corrected chi connectivity index (χ2v) is 5.86. The number of nitrogens with zero attached hydrogens (tertiary/aromatic N) is 1. The van der Waals surface area contributed by atoms with Crippen molar-refractivity contribution < 1.29 is 18.7 Å². The molecule has 1 aliphatic carbocycles. The lowest BCUT2D eigenvalue weighted by Crippen LogP contribution is -2.07. The van der Waals surface area contributed by atoms with Crippen LogP contribution in [0.1, 0.15) is 17.8 Å². The highest BCUT2D eigenvalue weighted by Crippen LogP contribution is 2.36. The Labute approximate surface area is 129 Å². The van der Waals surface area contributed by atoms with Crippen molar-refractivity contribution in [2.24, 2.45) is 0 Å². The Balaban J connectivity index is 2.02. The Kier molecular flexibility index (Phi) is 3.85. The van der Waals surface area contributed by atoms with E-state index >= 15 is 0 Å². The molecule has 112 valence electrons. The highest BCUT2D eigenvalue weighted by atomic mass is 32.1. The van der Waals surface area contributed by atoms with Gasteiger partial charge < -0.3 is 5.11 Å². The summed E-state index contributed by atoms with van der Waals surface area (Å²) in [6.45, 7) is 0. The van der Waals surface area contributed by atoms with Gasteiger partial charge in [-0.2, -0.15) is 0 Å². The first kappa shape index (κ1) is 14.6.